The quantitative estimate of drug-likeness (QED) is 0.444. The van der Waals surface area contributed by atoms with Gasteiger partial charge in [0, 0.05) is 0 Å². The number of aromatic nitrogens is 3. The van der Waals surface area contributed by atoms with E-state index in [1.165, 1.54) is 12.7 Å². The molecule has 0 bridgehead atoms. The Morgan fingerprint density at radius 1 is 1.30 bits per heavy atom. The van der Waals surface area contributed by atoms with Gasteiger partial charge in [0.15, 0.2) is 6.29 Å². The van der Waals surface area contributed by atoms with Gasteiger partial charge in [0.25, 0.3) is 0 Å². The van der Waals surface area contributed by atoms with Crippen molar-refractivity contribution in [3.8, 4) is 0 Å². The van der Waals surface area contributed by atoms with Crippen molar-refractivity contribution in [2.24, 2.45) is 0 Å². The second-order valence-electron chi connectivity index (χ2n) is 5.97. The first-order chi connectivity index (χ1) is 10.9. The zero-order valence-electron chi connectivity index (χ0n) is 12.3. The maximum absolute atomic E-state index is 10.1. The second kappa shape index (κ2) is 6.60. The van der Waals surface area contributed by atoms with Gasteiger partial charge in [-0.25, -0.2) is 4.98 Å². The third-order valence-corrected chi connectivity index (χ3v) is 4.89. The van der Waals surface area contributed by atoms with E-state index in [2.05, 4.69) is 10.1 Å². The van der Waals surface area contributed by atoms with Crippen LogP contribution in [-0.2, 0) is 16.0 Å². The molecule has 1 aliphatic heterocycles. The van der Waals surface area contributed by atoms with Crippen LogP contribution >= 0.6 is 11.6 Å². The van der Waals surface area contributed by atoms with Gasteiger partial charge in [-0.15, -0.1) is 11.6 Å². The predicted octanol–water partition coefficient (Wildman–Crippen LogP) is -1.77. The lowest BCUT2D eigenvalue weighted by Gasteiger charge is -2.41. The Morgan fingerprint density at radius 2 is 2.04 bits per heavy atom. The van der Waals surface area contributed by atoms with E-state index in [0.717, 1.165) is 12.8 Å². The fourth-order valence-corrected chi connectivity index (χ4v) is 2.82. The molecule has 1 aliphatic carbocycles. The summed E-state index contributed by atoms with van der Waals surface area (Å²) in [6.45, 7) is -0.205. The first-order valence-corrected chi connectivity index (χ1v) is 7.80. The van der Waals surface area contributed by atoms with Gasteiger partial charge in [-0.1, -0.05) is 0 Å². The maximum Gasteiger partial charge on any atom is 0.187 e. The Labute approximate surface area is 137 Å². The van der Waals surface area contributed by atoms with Crippen molar-refractivity contribution >= 4 is 11.6 Å². The van der Waals surface area contributed by atoms with Crippen molar-refractivity contribution in [3.63, 3.8) is 0 Å². The van der Waals surface area contributed by atoms with Crippen LogP contribution in [-0.4, -0.2) is 83.5 Å². The highest BCUT2D eigenvalue weighted by Gasteiger charge is 2.52. The van der Waals surface area contributed by atoms with E-state index in [9.17, 15) is 20.4 Å². The molecule has 2 aliphatic rings. The number of hydrogen-bond donors (Lipinski definition) is 4. The first-order valence-electron chi connectivity index (χ1n) is 7.42. The summed E-state index contributed by atoms with van der Waals surface area (Å²) in [5.74, 6) is 0. The number of aliphatic hydroxyl groups excluding tert-OH is 4. The maximum atomic E-state index is 10.1. The minimum atomic E-state index is -1.48. The number of rotatable bonds is 6. The Bertz CT molecular complexity index is 512. The summed E-state index contributed by atoms with van der Waals surface area (Å²) in [4.78, 5) is 3.26. The summed E-state index contributed by atoms with van der Waals surface area (Å²) >= 11 is 6.44. The molecule has 2 heterocycles. The Balaban J connectivity index is 1.71. The van der Waals surface area contributed by atoms with E-state index >= 15 is 0 Å². The minimum absolute atomic E-state index is 0.304. The van der Waals surface area contributed by atoms with E-state index in [0.29, 0.717) is 6.54 Å². The zero-order chi connectivity index (χ0) is 16.6. The van der Waals surface area contributed by atoms with Crippen LogP contribution in [0, 0.1) is 0 Å². The molecule has 3 rings (SSSR count). The van der Waals surface area contributed by atoms with Crippen LogP contribution < -0.4 is 0 Å². The fraction of sp³-hybridized carbons (Fsp3) is 0.846. The monoisotopic (exact) mass is 349 g/mol. The third-order valence-electron chi connectivity index (χ3n) is 4.27. The standard InChI is InChI=1S/C13H20ClN3O6/c14-13(1-2-13)8(3-17-6-15-5-16-17)23-12-11(21)10(20)9(19)7(4-18)22-12/h5-12,18-21H,1-4H2/t7-,8?,9-,10+,11-,12-/m1/s1. The van der Waals surface area contributed by atoms with Crippen LogP contribution in [0.25, 0.3) is 0 Å². The molecule has 0 aromatic carbocycles. The van der Waals surface area contributed by atoms with Crippen LogP contribution in [0.4, 0.5) is 0 Å². The number of aliphatic hydroxyl groups is 4. The van der Waals surface area contributed by atoms with Gasteiger partial charge < -0.3 is 29.9 Å². The van der Waals surface area contributed by atoms with E-state index in [4.69, 9.17) is 21.1 Å². The molecule has 0 amide bonds. The van der Waals surface area contributed by atoms with Crippen LogP contribution in [0.3, 0.4) is 0 Å². The molecule has 4 N–H and O–H groups in total. The van der Waals surface area contributed by atoms with Crippen LogP contribution in [0.2, 0.25) is 0 Å². The van der Waals surface area contributed by atoms with Gasteiger partial charge in [-0.2, -0.15) is 5.10 Å². The van der Waals surface area contributed by atoms with Gasteiger partial charge in [0.2, 0.25) is 0 Å². The SMILES string of the molecule is OC[C@H]1O[C@H](OC(Cn2cncn2)C2(Cl)CC2)[C@H](O)[C@@H](O)[C@@H]1O. The van der Waals surface area contributed by atoms with Crippen molar-refractivity contribution < 1.29 is 29.9 Å². The van der Waals surface area contributed by atoms with Gasteiger partial charge in [0.05, 0.1) is 24.1 Å². The molecule has 23 heavy (non-hydrogen) atoms. The Hall–Kier alpha value is -0.810. The number of halogens is 1. The highest BCUT2D eigenvalue weighted by Crippen LogP contribution is 2.48. The molecule has 130 valence electrons. The van der Waals surface area contributed by atoms with Crippen molar-refractivity contribution in [2.75, 3.05) is 6.61 Å². The normalized spacial score (nSPS) is 37.5. The third kappa shape index (κ3) is 3.50. The number of ether oxygens (including phenoxy) is 2. The molecule has 10 heteroatoms. The number of hydrogen-bond acceptors (Lipinski definition) is 8. The second-order valence-corrected chi connectivity index (χ2v) is 6.73. The Kier molecular flexibility index (Phi) is 4.88. The summed E-state index contributed by atoms with van der Waals surface area (Å²) in [7, 11) is 0. The largest absolute Gasteiger partial charge is 0.394 e. The van der Waals surface area contributed by atoms with E-state index in [1.54, 1.807) is 4.68 Å². The topological polar surface area (TPSA) is 130 Å². The van der Waals surface area contributed by atoms with Gasteiger partial charge in [-0.3, -0.25) is 4.68 Å². The molecule has 6 atom stereocenters. The lowest BCUT2D eigenvalue weighted by Crippen LogP contribution is -2.60. The van der Waals surface area contributed by atoms with Gasteiger partial charge in [-0.05, 0) is 12.8 Å². The average molecular weight is 350 g/mol. The van der Waals surface area contributed by atoms with E-state index in [-0.39, 0.29) is 0 Å². The van der Waals surface area contributed by atoms with E-state index < -0.39 is 48.3 Å². The van der Waals surface area contributed by atoms with Crippen molar-refractivity contribution in [1.29, 1.82) is 0 Å². The highest BCUT2D eigenvalue weighted by molar-refractivity contribution is 6.26. The Morgan fingerprint density at radius 3 is 2.61 bits per heavy atom. The van der Waals surface area contributed by atoms with Crippen LogP contribution in [0.1, 0.15) is 12.8 Å². The lowest BCUT2D eigenvalue weighted by atomic mass is 9.99. The van der Waals surface area contributed by atoms with Crippen LogP contribution in [0.15, 0.2) is 12.7 Å². The highest BCUT2D eigenvalue weighted by atomic mass is 35.5. The molecule has 2 fully saturated rings. The minimum Gasteiger partial charge on any atom is -0.394 e. The molecule has 1 aromatic rings. The number of nitrogens with zero attached hydrogens (tertiary/aromatic N) is 3. The molecule has 1 unspecified atom stereocenters. The summed E-state index contributed by atoms with van der Waals surface area (Å²) in [5, 5.41) is 42.9. The molecule has 1 aromatic heterocycles. The predicted molar refractivity (Wildman–Crippen MR) is 76.5 cm³/mol. The smallest absolute Gasteiger partial charge is 0.187 e. The summed E-state index contributed by atoms with van der Waals surface area (Å²) in [6, 6.07) is 0. The van der Waals surface area contributed by atoms with Crippen molar-refractivity contribution in [1.82, 2.24) is 14.8 Å². The lowest BCUT2D eigenvalue weighted by molar-refractivity contribution is -0.313. The molecule has 1 saturated carbocycles. The molecular formula is C13H20ClN3O6. The molecule has 0 spiro atoms. The summed E-state index contributed by atoms with van der Waals surface area (Å²) in [6.07, 6.45) is -2.73. The van der Waals surface area contributed by atoms with Crippen molar-refractivity contribution in [3.05, 3.63) is 12.7 Å². The molecule has 0 radical (unpaired) electrons. The average Bonchev–Trinajstić information content (AvgIpc) is 3.08. The molecular weight excluding hydrogens is 330 g/mol. The van der Waals surface area contributed by atoms with Crippen molar-refractivity contribution in [2.45, 2.75) is 61.1 Å². The summed E-state index contributed by atoms with van der Waals surface area (Å²) in [5.41, 5.74) is 0. The first kappa shape index (κ1) is 17.0. The van der Waals surface area contributed by atoms with Gasteiger partial charge in [0.1, 0.15) is 37.1 Å². The summed E-state index contributed by atoms with van der Waals surface area (Å²) < 4.78 is 12.7. The zero-order valence-corrected chi connectivity index (χ0v) is 13.0. The van der Waals surface area contributed by atoms with Crippen LogP contribution in [0.5, 0.6) is 0 Å². The van der Waals surface area contributed by atoms with Gasteiger partial charge >= 0.3 is 0 Å². The fourth-order valence-electron chi connectivity index (χ4n) is 2.61. The molecule has 9 nitrogen and oxygen atoms in total. The van der Waals surface area contributed by atoms with E-state index in [1.807, 2.05) is 0 Å². The number of alkyl halides is 1. The molecule has 1 saturated heterocycles.